The van der Waals surface area contributed by atoms with Gasteiger partial charge in [-0.05, 0) is 35.2 Å². The van der Waals surface area contributed by atoms with Gasteiger partial charge in [-0.15, -0.1) is 0 Å². The van der Waals surface area contributed by atoms with Gasteiger partial charge in [-0.25, -0.2) is 0 Å². The number of nitrogens with zero attached hydrogens (tertiary/aromatic N) is 2. The van der Waals surface area contributed by atoms with E-state index in [2.05, 4.69) is 21.7 Å². The van der Waals surface area contributed by atoms with Crippen molar-refractivity contribution in [3.63, 3.8) is 0 Å². The van der Waals surface area contributed by atoms with E-state index in [0.29, 0.717) is 32.0 Å². The molecule has 2 N–H and O–H groups in total. The fourth-order valence-corrected chi connectivity index (χ4v) is 3.39. The predicted molar refractivity (Wildman–Crippen MR) is 116 cm³/mol. The van der Waals surface area contributed by atoms with Crippen LogP contribution in [-0.4, -0.2) is 43.1 Å². The van der Waals surface area contributed by atoms with Gasteiger partial charge in [0.25, 0.3) is 0 Å². The number of aliphatic imine (C=N–C) groups is 1. The first-order valence-corrected chi connectivity index (χ1v) is 10.4. The quantitative estimate of drug-likeness (QED) is 0.478. The first kappa shape index (κ1) is 23.4. The normalized spacial score (nSPS) is 14.6. The molecule has 0 radical (unpaired) electrons. The number of ether oxygens (including phenoxy) is 1. The van der Waals surface area contributed by atoms with E-state index in [1.807, 2.05) is 23.1 Å². The molecule has 1 fully saturated rings. The Kier molecular flexibility index (Phi) is 7.97. The van der Waals surface area contributed by atoms with Crippen molar-refractivity contribution in [3.05, 3.63) is 65.2 Å². The van der Waals surface area contributed by atoms with E-state index in [4.69, 9.17) is 4.74 Å². The number of alkyl halides is 3. The summed E-state index contributed by atoms with van der Waals surface area (Å²) in [5.74, 6) is 0.977. The molecule has 0 bridgehead atoms. The summed E-state index contributed by atoms with van der Waals surface area (Å²) in [7, 11) is 1.67. The summed E-state index contributed by atoms with van der Waals surface area (Å²) in [4.78, 5) is 17.9. The first-order chi connectivity index (χ1) is 15.3. The fraction of sp³-hybridized carbons (Fsp3) is 0.391. The highest BCUT2D eigenvalue weighted by molar-refractivity contribution is 5.79. The summed E-state index contributed by atoms with van der Waals surface area (Å²) in [6.45, 7) is 1.15. The second-order valence-electron chi connectivity index (χ2n) is 7.57. The van der Waals surface area contributed by atoms with Gasteiger partial charge in [0.2, 0.25) is 5.91 Å². The Morgan fingerprint density at radius 1 is 1.06 bits per heavy atom. The van der Waals surface area contributed by atoms with Gasteiger partial charge in [0, 0.05) is 39.6 Å². The van der Waals surface area contributed by atoms with Crippen molar-refractivity contribution >= 4 is 11.9 Å². The number of guanidine groups is 1. The number of amides is 1. The van der Waals surface area contributed by atoms with Gasteiger partial charge in [-0.1, -0.05) is 36.4 Å². The molecule has 32 heavy (non-hydrogen) atoms. The highest BCUT2D eigenvalue weighted by Gasteiger charge is 2.28. The molecule has 2 aromatic carbocycles. The van der Waals surface area contributed by atoms with E-state index in [1.54, 1.807) is 19.2 Å². The number of hydrogen-bond acceptors (Lipinski definition) is 3. The second-order valence-corrected chi connectivity index (χ2v) is 7.57. The zero-order chi connectivity index (χ0) is 23.0. The van der Waals surface area contributed by atoms with Gasteiger partial charge in [0.1, 0.15) is 5.75 Å². The van der Waals surface area contributed by atoms with Crippen molar-refractivity contribution in [2.75, 3.05) is 20.2 Å². The van der Waals surface area contributed by atoms with Crippen LogP contribution in [0.4, 0.5) is 13.2 Å². The maximum atomic E-state index is 12.2. The molecule has 1 amide bonds. The zero-order valence-corrected chi connectivity index (χ0v) is 17.9. The van der Waals surface area contributed by atoms with Gasteiger partial charge in [-0.3, -0.25) is 9.79 Å². The topological polar surface area (TPSA) is 66.0 Å². The van der Waals surface area contributed by atoms with Gasteiger partial charge in [0.05, 0.1) is 0 Å². The van der Waals surface area contributed by atoms with E-state index in [0.717, 1.165) is 29.7 Å². The van der Waals surface area contributed by atoms with E-state index in [-0.39, 0.29) is 11.7 Å². The predicted octanol–water partition coefficient (Wildman–Crippen LogP) is 3.62. The van der Waals surface area contributed by atoms with Crippen LogP contribution >= 0.6 is 0 Å². The molecular weight excluding hydrogens is 421 g/mol. The number of benzene rings is 2. The average Bonchev–Trinajstić information content (AvgIpc) is 3.17. The van der Waals surface area contributed by atoms with Crippen molar-refractivity contribution in [3.8, 4) is 5.75 Å². The summed E-state index contributed by atoms with van der Waals surface area (Å²) >= 11 is 0. The van der Waals surface area contributed by atoms with Crippen molar-refractivity contribution in [2.24, 2.45) is 4.99 Å². The molecule has 1 aliphatic rings. The first-order valence-electron chi connectivity index (χ1n) is 10.4. The van der Waals surface area contributed by atoms with Crippen molar-refractivity contribution in [1.29, 1.82) is 0 Å². The third-order valence-corrected chi connectivity index (χ3v) is 5.01. The molecule has 3 rings (SSSR count). The van der Waals surface area contributed by atoms with Gasteiger partial charge in [-0.2, -0.15) is 13.2 Å². The summed E-state index contributed by atoms with van der Waals surface area (Å²) in [6.07, 6.45) is -2.80. The zero-order valence-electron chi connectivity index (χ0n) is 17.9. The van der Waals surface area contributed by atoms with Crippen LogP contribution in [-0.2, 0) is 24.4 Å². The molecule has 0 saturated carbocycles. The average molecular weight is 448 g/mol. The van der Waals surface area contributed by atoms with Crippen LogP contribution in [0.25, 0.3) is 0 Å². The van der Waals surface area contributed by atoms with Crippen molar-refractivity contribution < 1.29 is 22.7 Å². The Balaban J connectivity index is 1.46. The van der Waals surface area contributed by atoms with Gasteiger partial charge >= 0.3 is 6.18 Å². The Bertz CT molecular complexity index is 930. The SMILES string of the molecule is CN=C(NCc1ccc(OCC(F)(F)F)cc1)NCc1cccc(CN2CCCC2=O)c1. The van der Waals surface area contributed by atoms with Crippen LogP contribution in [0.2, 0.25) is 0 Å². The van der Waals surface area contributed by atoms with Crippen LogP contribution in [0.1, 0.15) is 29.5 Å². The third kappa shape index (κ3) is 7.47. The molecule has 9 heteroatoms. The number of rotatable bonds is 8. The molecule has 0 aromatic heterocycles. The minimum absolute atomic E-state index is 0.170. The lowest BCUT2D eigenvalue weighted by Gasteiger charge is -2.16. The largest absolute Gasteiger partial charge is 0.484 e. The number of hydrogen-bond donors (Lipinski definition) is 2. The summed E-state index contributed by atoms with van der Waals surface area (Å²) in [5, 5.41) is 6.42. The lowest BCUT2D eigenvalue weighted by Crippen LogP contribution is -2.36. The number of carbonyl (C=O) groups is 1. The molecule has 0 unspecified atom stereocenters. The molecular formula is C23H27F3N4O2. The molecule has 0 spiro atoms. The van der Waals surface area contributed by atoms with Crippen LogP contribution in [0, 0.1) is 0 Å². The van der Waals surface area contributed by atoms with E-state index >= 15 is 0 Å². The monoisotopic (exact) mass is 448 g/mol. The van der Waals surface area contributed by atoms with Crippen LogP contribution in [0.15, 0.2) is 53.5 Å². The summed E-state index contributed by atoms with van der Waals surface area (Å²) in [6, 6.07) is 14.5. The molecule has 1 aliphatic heterocycles. The van der Waals surface area contributed by atoms with Crippen LogP contribution in [0.3, 0.4) is 0 Å². The number of carbonyl (C=O) groups excluding carboxylic acids is 1. The number of halogens is 3. The minimum atomic E-state index is -4.36. The Morgan fingerprint density at radius 3 is 2.38 bits per heavy atom. The van der Waals surface area contributed by atoms with Gasteiger partial charge < -0.3 is 20.3 Å². The molecule has 172 valence electrons. The summed E-state index contributed by atoms with van der Waals surface area (Å²) < 4.78 is 41.4. The van der Waals surface area contributed by atoms with E-state index in [9.17, 15) is 18.0 Å². The lowest BCUT2D eigenvalue weighted by molar-refractivity contribution is -0.153. The lowest BCUT2D eigenvalue weighted by atomic mass is 10.1. The Hall–Kier alpha value is -3.23. The maximum absolute atomic E-state index is 12.2. The van der Waals surface area contributed by atoms with Crippen molar-refractivity contribution in [1.82, 2.24) is 15.5 Å². The fourth-order valence-electron chi connectivity index (χ4n) is 3.39. The smallest absolute Gasteiger partial charge is 0.422 e. The molecule has 2 aromatic rings. The highest BCUT2D eigenvalue weighted by Crippen LogP contribution is 2.19. The van der Waals surface area contributed by atoms with Crippen molar-refractivity contribution in [2.45, 2.75) is 38.7 Å². The molecule has 1 heterocycles. The summed E-state index contributed by atoms with van der Waals surface area (Å²) in [5.41, 5.74) is 3.04. The maximum Gasteiger partial charge on any atom is 0.422 e. The third-order valence-electron chi connectivity index (χ3n) is 5.01. The Labute approximate surface area is 185 Å². The highest BCUT2D eigenvalue weighted by atomic mass is 19.4. The second kappa shape index (κ2) is 10.9. The Morgan fingerprint density at radius 2 is 1.75 bits per heavy atom. The van der Waals surface area contributed by atoms with Crippen LogP contribution < -0.4 is 15.4 Å². The molecule has 0 atom stereocenters. The molecule has 6 nitrogen and oxygen atoms in total. The molecule has 1 saturated heterocycles. The number of likely N-dealkylation sites (tertiary alicyclic amines) is 1. The molecule has 0 aliphatic carbocycles. The van der Waals surface area contributed by atoms with E-state index < -0.39 is 12.8 Å². The number of nitrogens with one attached hydrogen (secondary N) is 2. The van der Waals surface area contributed by atoms with Crippen LogP contribution in [0.5, 0.6) is 5.75 Å². The van der Waals surface area contributed by atoms with E-state index in [1.165, 1.54) is 12.1 Å². The van der Waals surface area contributed by atoms with Gasteiger partial charge in [0.15, 0.2) is 12.6 Å². The standard InChI is InChI=1S/C23H27F3N4O2/c1-27-22(28-13-17-7-9-20(10-8-17)32-16-23(24,25)26)29-14-18-4-2-5-19(12-18)15-30-11-3-6-21(30)31/h2,4-5,7-10,12H,3,6,11,13-16H2,1H3,(H2,27,28,29). The minimum Gasteiger partial charge on any atom is -0.484 e.